The number of nitrogens with one attached hydrogen (secondary N) is 1. The van der Waals surface area contributed by atoms with Gasteiger partial charge in [-0.3, -0.25) is 10.2 Å². The van der Waals surface area contributed by atoms with Gasteiger partial charge in [-0.05, 0) is 37.3 Å². The molecule has 0 radical (unpaired) electrons. The first-order chi connectivity index (χ1) is 9.91. The molecule has 1 N–H and O–H groups in total. The summed E-state index contributed by atoms with van der Waals surface area (Å²) in [5.41, 5.74) is 6.06. The molecule has 1 aromatic carbocycles. The number of carbonyl (C=O) groups is 1. The number of fused-ring (bicyclic) bond motifs is 1. The van der Waals surface area contributed by atoms with E-state index >= 15 is 0 Å². The first-order valence-corrected chi connectivity index (χ1v) is 7.29. The maximum absolute atomic E-state index is 12.5. The lowest BCUT2D eigenvalue weighted by Gasteiger charge is -2.07. The monoisotopic (exact) mass is 283 g/mol. The molecule has 1 aliphatic rings. The number of amides is 1. The molecule has 1 saturated carbocycles. The van der Waals surface area contributed by atoms with Crippen LogP contribution in [0, 0.1) is 17.3 Å². The molecule has 0 saturated heterocycles. The molecule has 4 heteroatoms. The Bertz CT molecular complexity index is 722. The molecule has 0 aliphatic heterocycles. The Labute approximate surface area is 124 Å². The highest BCUT2D eigenvalue weighted by atomic mass is 16.2. The van der Waals surface area contributed by atoms with Crippen molar-refractivity contribution in [3.63, 3.8) is 0 Å². The van der Waals surface area contributed by atoms with E-state index in [2.05, 4.69) is 44.2 Å². The van der Waals surface area contributed by atoms with E-state index in [1.54, 1.807) is 11.0 Å². The van der Waals surface area contributed by atoms with Crippen molar-refractivity contribution in [2.45, 2.75) is 27.7 Å². The minimum absolute atomic E-state index is 0.0218. The van der Waals surface area contributed by atoms with Crippen LogP contribution >= 0.6 is 0 Å². The van der Waals surface area contributed by atoms with Crippen LogP contribution in [0.5, 0.6) is 0 Å². The van der Waals surface area contributed by atoms with Crippen LogP contribution in [0.1, 0.15) is 27.7 Å². The molecule has 0 spiro atoms. The van der Waals surface area contributed by atoms with Crippen molar-refractivity contribution in [1.82, 2.24) is 9.66 Å². The Balaban J connectivity index is 1.80. The lowest BCUT2D eigenvalue weighted by Crippen LogP contribution is -2.25. The zero-order valence-corrected chi connectivity index (χ0v) is 12.9. The third-order valence-corrected chi connectivity index (χ3v) is 4.39. The van der Waals surface area contributed by atoms with Crippen LogP contribution in [0.25, 0.3) is 11.0 Å². The predicted octanol–water partition coefficient (Wildman–Crippen LogP) is 3.34. The van der Waals surface area contributed by atoms with E-state index in [1.807, 2.05) is 24.3 Å². The van der Waals surface area contributed by atoms with E-state index < -0.39 is 0 Å². The highest BCUT2D eigenvalue weighted by molar-refractivity contribution is 5.91. The molecule has 2 aromatic rings. The van der Waals surface area contributed by atoms with Gasteiger partial charge in [0.2, 0.25) is 5.91 Å². The highest BCUT2D eigenvalue weighted by Crippen LogP contribution is 2.59. The van der Waals surface area contributed by atoms with Crippen LogP contribution in [0.3, 0.4) is 0 Å². The van der Waals surface area contributed by atoms with E-state index in [4.69, 9.17) is 0 Å². The first kappa shape index (κ1) is 13.9. The number of benzene rings is 1. The average molecular weight is 283 g/mol. The molecular formula is C17H21N3O. The minimum atomic E-state index is 0.0218. The van der Waals surface area contributed by atoms with Crippen molar-refractivity contribution in [3.05, 3.63) is 42.2 Å². The summed E-state index contributed by atoms with van der Waals surface area (Å²) in [4.78, 5) is 16.8. The maximum Gasteiger partial charge on any atom is 0.243 e. The summed E-state index contributed by atoms with van der Waals surface area (Å²) in [6.07, 6.45) is 3.87. The van der Waals surface area contributed by atoms with Gasteiger partial charge in [-0.25, -0.2) is 9.66 Å². The van der Waals surface area contributed by atoms with Crippen LogP contribution < -0.4 is 5.43 Å². The molecule has 4 nitrogen and oxygen atoms in total. The Morgan fingerprint density at radius 1 is 1.33 bits per heavy atom. The van der Waals surface area contributed by atoms with Crippen molar-refractivity contribution < 1.29 is 4.79 Å². The largest absolute Gasteiger partial charge is 0.273 e. The van der Waals surface area contributed by atoms with Gasteiger partial charge in [-0.2, -0.15) is 0 Å². The van der Waals surface area contributed by atoms with Crippen LogP contribution in [0.2, 0.25) is 0 Å². The molecule has 1 aliphatic carbocycles. The number of rotatable bonds is 3. The zero-order chi connectivity index (χ0) is 15.2. The van der Waals surface area contributed by atoms with Gasteiger partial charge in [0, 0.05) is 0 Å². The normalized spacial score (nSPS) is 22.9. The maximum atomic E-state index is 12.5. The van der Waals surface area contributed by atoms with Gasteiger partial charge < -0.3 is 0 Å². The number of nitrogens with zero attached hydrogens (tertiary/aromatic N) is 2. The molecule has 1 fully saturated rings. The SMILES string of the molecule is CC(C)=CC1C(C(=O)Nn2cnc3ccccc32)C1(C)C. The van der Waals surface area contributed by atoms with Gasteiger partial charge in [0.25, 0.3) is 0 Å². The fourth-order valence-electron chi connectivity index (χ4n) is 3.09. The molecule has 1 aromatic heterocycles. The number of allylic oxidation sites excluding steroid dienone is 2. The molecule has 1 amide bonds. The number of para-hydroxylation sites is 2. The summed E-state index contributed by atoms with van der Waals surface area (Å²) in [7, 11) is 0. The highest BCUT2D eigenvalue weighted by Gasteiger charge is 2.60. The van der Waals surface area contributed by atoms with Gasteiger partial charge in [-0.1, -0.05) is 37.6 Å². The standard InChI is InChI=1S/C17H21N3O/c1-11(2)9-12-15(17(12,3)4)16(21)19-20-10-18-13-7-5-6-8-14(13)20/h5-10,12,15H,1-4H3,(H,19,21). The molecular weight excluding hydrogens is 262 g/mol. The number of hydrogen-bond donors (Lipinski definition) is 1. The first-order valence-electron chi connectivity index (χ1n) is 7.29. The fourth-order valence-corrected chi connectivity index (χ4v) is 3.09. The lowest BCUT2D eigenvalue weighted by molar-refractivity contribution is -0.119. The van der Waals surface area contributed by atoms with Gasteiger partial charge in [0.05, 0.1) is 17.0 Å². The smallest absolute Gasteiger partial charge is 0.243 e. The molecule has 0 bridgehead atoms. The lowest BCUT2D eigenvalue weighted by atomic mass is 10.1. The number of carbonyl (C=O) groups excluding carboxylic acids is 1. The molecule has 2 unspecified atom stereocenters. The van der Waals surface area contributed by atoms with Crippen LogP contribution in [-0.2, 0) is 4.79 Å². The van der Waals surface area contributed by atoms with Gasteiger partial charge in [0.1, 0.15) is 6.33 Å². The van der Waals surface area contributed by atoms with E-state index in [0.717, 1.165) is 11.0 Å². The molecule has 1 heterocycles. The Morgan fingerprint density at radius 3 is 2.76 bits per heavy atom. The van der Waals surface area contributed by atoms with Gasteiger partial charge in [-0.15, -0.1) is 0 Å². The van der Waals surface area contributed by atoms with E-state index in [9.17, 15) is 4.79 Å². The summed E-state index contributed by atoms with van der Waals surface area (Å²) in [6, 6.07) is 7.77. The summed E-state index contributed by atoms with van der Waals surface area (Å²) < 4.78 is 1.71. The second kappa shape index (κ2) is 4.72. The molecule has 3 rings (SSSR count). The Morgan fingerprint density at radius 2 is 2.05 bits per heavy atom. The summed E-state index contributed by atoms with van der Waals surface area (Å²) in [6.45, 7) is 8.44. The second-order valence-electron chi connectivity index (χ2n) is 6.65. The quantitative estimate of drug-likeness (QED) is 0.878. The predicted molar refractivity (Wildman–Crippen MR) is 84.3 cm³/mol. The van der Waals surface area contributed by atoms with E-state index in [0.29, 0.717) is 5.92 Å². The third-order valence-electron chi connectivity index (χ3n) is 4.39. The van der Waals surface area contributed by atoms with Crippen molar-refractivity contribution in [3.8, 4) is 0 Å². The Hall–Kier alpha value is -2.10. The average Bonchev–Trinajstić information content (AvgIpc) is 2.78. The number of aromatic nitrogens is 2. The van der Waals surface area contributed by atoms with Crippen molar-refractivity contribution in [2.75, 3.05) is 5.43 Å². The number of hydrogen-bond acceptors (Lipinski definition) is 2. The summed E-state index contributed by atoms with van der Waals surface area (Å²) in [5, 5.41) is 0. The van der Waals surface area contributed by atoms with Crippen LogP contribution in [0.15, 0.2) is 42.2 Å². The van der Waals surface area contributed by atoms with Crippen molar-refractivity contribution in [2.24, 2.45) is 17.3 Å². The fraction of sp³-hybridized carbons (Fsp3) is 0.412. The van der Waals surface area contributed by atoms with Crippen LogP contribution in [-0.4, -0.2) is 15.6 Å². The molecule has 2 atom stereocenters. The summed E-state index contributed by atoms with van der Waals surface area (Å²) in [5.74, 6) is 0.400. The second-order valence-corrected chi connectivity index (χ2v) is 6.65. The van der Waals surface area contributed by atoms with Gasteiger partial charge in [0.15, 0.2) is 0 Å². The Kier molecular flexibility index (Phi) is 3.12. The zero-order valence-electron chi connectivity index (χ0n) is 12.9. The molecule has 21 heavy (non-hydrogen) atoms. The molecule has 110 valence electrons. The minimum Gasteiger partial charge on any atom is -0.273 e. The topological polar surface area (TPSA) is 46.9 Å². The van der Waals surface area contributed by atoms with Crippen molar-refractivity contribution >= 4 is 16.9 Å². The van der Waals surface area contributed by atoms with Crippen LogP contribution in [0.4, 0.5) is 0 Å². The summed E-state index contributed by atoms with van der Waals surface area (Å²) >= 11 is 0. The third kappa shape index (κ3) is 2.35. The number of imidazole rings is 1. The van der Waals surface area contributed by atoms with Crippen molar-refractivity contribution in [1.29, 1.82) is 0 Å². The van der Waals surface area contributed by atoms with E-state index in [1.165, 1.54) is 5.57 Å². The van der Waals surface area contributed by atoms with E-state index in [-0.39, 0.29) is 17.2 Å². The van der Waals surface area contributed by atoms with Gasteiger partial charge >= 0.3 is 0 Å².